The van der Waals surface area contributed by atoms with E-state index in [9.17, 15) is 9.90 Å². The van der Waals surface area contributed by atoms with Crippen molar-refractivity contribution in [3.8, 4) is 11.5 Å². The van der Waals surface area contributed by atoms with Crippen LogP contribution >= 0.6 is 0 Å². The molecule has 2 fully saturated rings. The van der Waals surface area contributed by atoms with E-state index in [4.69, 9.17) is 15.2 Å². The molecule has 0 aromatic heterocycles. The van der Waals surface area contributed by atoms with Gasteiger partial charge in [0.05, 0.1) is 5.60 Å². The lowest BCUT2D eigenvalue weighted by Crippen LogP contribution is -2.49. The summed E-state index contributed by atoms with van der Waals surface area (Å²) < 4.78 is 11.5. The van der Waals surface area contributed by atoms with Crippen molar-refractivity contribution in [3.05, 3.63) is 60.2 Å². The molecule has 1 heterocycles. The van der Waals surface area contributed by atoms with E-state index in [2.05, 4.69) is 0 Å². The van der Waals surface area contributed by atoms with E-state index in [0.717, 1.165) is 62.8 Å². The van der Waals surface area contributed by atoms with Crippen LogP contribution in [0.25, 0.3) is 0 Å². The molecular formula is C29H40N2O4. The van der Waals surface area contributed by atoms with Crippen LogP contribution in [0.3, 0.4) is 0 Å². The van der Waals surface area contributed by atoms with E-state index < -0.39 is 5.60 Å². The number of aliphatic hydroxyl groups is 1. The predicted molar refractivity (Wildman–Crippen MR) is 137 cm³/mol. The number of para-hydroxylation sites is 2. The molecule has 2 aromatic rings. The summed E-state index contributed by atoms with van der Waals surface area (Å²) in [7, 11) is 1.70. The van der Waals surface area contributed by atoms with Gasteiger partial charge < -0.3 is 25.2 Å². The summed E-state index contributed by atoms with van der Waals surface area (Å²) in [6.07, 6.45) is 6.60. The van der Waals surface area contributed by atoms with E-state index in [1.807, 2.05) is 59.5 Å². The molecule has 1 aliphatic heterocycles. The molecule has 0 spiro atoms. The third-order valence-electron chi connectivity index (χ3n) is 7.71. The van der Waals surface area contributed by atoms with Gasteiger partial charge in [0, 0.05) is 50.2 Å². The lowest BCUT2D eigenvalue weighted by molar-refractivity contribution is -0.141. The van der Waals surface area contributed by atoms with Gasteiger partial charge in [0.2, 0.25) is 5.91 Å². The maximum Gasteiger partial charge on any atom is 0.225 e. The molecule has 190 valence electrons. The zero-order valence-corrected chi connectivity index (χ0v) is 20.9. The van der Waals surface area contributed by atoms with E-state index in [0.29, 0.717) is 25.3 Å². The Hall–Kier alpha value is -2.41. The number of piperidine rings is 1. The van der Waals surface area contributed by atoms with Gasteiger partial charge in [-0.3, -0.25) is 4.79 Å². The molecule has 1 aliphatic carbocycles. The second-order valence-electron chi connectivity index (χ2n) is 10.2. The van der Waals surface area contributed by atoms with E-state index in [-0.39, 0.29) is 23.8 Å². The van der Waals surface area contributed by atoms with Gasteiger partial charge >= 0.3 is 0 Å². The van der Waals surface area contributed by atoms with Crippen molar-refractivity contribution in [2.75, 3.05) is 26.8 Å². The van der Waals surface area contributed by atoms with Gasteiger partial charge in [0.15, 0.2) is 0 Å². The maximum atomic E-state index is 13.3. The second kappa shape index (κ2) is 12.0. The molecule has 3 N–H and O–H groups in total. The normalized spacial score (nSPS) is 24.2. The van der Waals surface area contributed by atoms with Crippen molar-refractivity contribution in [1.82, 2.24) is 4.90 Å². The third-order valence-corrected chi connectivity index (χ3v) is 7.71. The highest BCUT2D eigenvalue weighted by atomic mass is 16.5. The third kappa shape index (κ3) is 6.24. The Labute approximate surface area is 209 Å². The van der Waals surface area contributed by atoms with E-state index in [1.165, 1.54) is 0 Å². The average Bonchev–Trinajstić information content (AvgIpc) is 3.33. The van der Waals surface area contributed by atoms with Crippen LogP contribution in [0.2, 0.25) is 0 Å². The molecule has 2 aliphatic rings. The average molecular weight is 481 g/mol. The smallest absolute Gasteiger partial charge is 0.225 e. The van der Waals surface area contributed by atoms with Gasteiger partial charge in [0.25, 0.3) is 0 Å². The lowest BCUT2D eigenvalue weighted by atomic mass is 9.73. The molecule has 1 amide bonds. The highest BCUT2D eigenvalue weighted by molar-refractivity contribution is 5.79. The Morgan fingerprint density at radius 2 is 1.86 bits per heavy atom. The summed E-state index contributed by atoms with van der Waals surface area (Å²) in [4.78, 5) is 15.3. The molecular weight excluding hydrogens is 440 g/mol. The molecule has 6 nitrogen and oxygen atoms in total. The summed E-state index contributed by atoms with van der Waals surface area (Å²) in [6, 6.07) is 17.6. The number of rotatable bonds is 10. The van der Waals surface area contributed by atoms with Crippen LogP contribution in [0.4, 0.5) is 0 Å². The number of nitrogens with zero attached hydrogens (tertiary/aromatic N) is 1. The standard InChI is InChI=1S/C29H40N2O4/c1-34-19-8-7-17-29(33,26-13-5-6-14-27(26)35-25-11-3-2-4-12-25)23-10-9-18-31(21-23)28(32)22-15-16-24(30)20-22/h2-6,11-14,22-24,33H,7-10,15-21,30H2,1H3. The van der Waals surface area contributed by atoms with Crippen LogP contribution in [-0.4, -0.2) is 48.8 Å². The number of benzene rings is 2. The van der Waals surface area contributed by atoms with Crippen molar-refractivity contribution >= 4 is 5.91 Å². The fraction of sp³-hybridized carbons (Fsp3) is 0.552. The number of hydrogen-bond donors (Lipinski definition) is 2. The maximum absolute atomic E-state index is 13.3. The number of carbonyl (C=O) groups is 1. The number of nitrogens with two attached hydrogens (primary N) is 1. The Balaban J connectivity index is 1.59. The number of ether oxygens (including phenoxy) is 2. The molecule has 2 aromatic carbocycles. The molecule has 1 saturated carbocycles. The number of hydrogen-bond acceptors (Lipinski definition) is 5. The quantitative estimate of drug-likeness (QED) is 0.475. The molecule has 35 heavy (non-hydrogen) atoms. The summed E-state index contributed by atoms with van der Waals surface area (Å²) in [6.45, 7) is 1.98. The SMILES string of the molecule is COCCCCC(O)(c1ccccc1Oc1ccccc1)C1CCCN(C(=O)C2CCC(N)C2)C1. The van der Waals surface area contributed by atoms with Crippen LogP contribution in [0.1, 0.15) is 56.9 Å². The molecule has 0 bridgehead atoms. The largest absolute Gasteiger partial charge is 0.457 e. The molecule has 1 saturated heterocycles. The Morgan fingerprint density at radius 1 is 1.09 bits per heavy atom. The minimum absolute atomic E-state index is 0.0206. The monoisotopic (exact) mass is 480 g/mol. The zero-order chi connectivity index (χ0) is 24.7. The molecule has 4 atom stereocenters. The first-order chi connectivity index (χ1) is 17.0. The van der Waals surface area contributed by atoms with E-state index >= 15 is 0 Å². The van der Waals surface area contributed by atoms with Crippen LogP contribution < -0.4 is 10.5 Å². The second-order valence-corrected chi connectivity index (χ2v) is 10.2. The molecule has 0 radical (unpaired) electrons. The van der Waals surface area contributed by atoms with Crippen LogP contribution in [0.15, 0.2) is 54.6 Å². The highest BCUT2D eigenvalue weighted by Crippen LogP contribution is 2.44. The predicted octanol–water partition coefficient (Wildman–Crippen LogP) is 4.85. The Bertz CT molecular complexity index is 953. The summed E-state index contributed by atoms with van der Waals surface area (Å²) in [5, 5.41) is 12.4. The van der Waals surface area contributed by atoms with Gasteiger partial charge in [-0.1, -0.05) is 36.4 Å². The number of amides is 1. The minimum atomic E-state index is -1.11. The van der Waals surface area contributed by atoms with Crippen LogP contribution in [0.5, 0.6) is 11.5 Å². The van der Waals surface area contributed by atoms with Gasteiger partial charge in [-0.05, 0) is 69.6 Å². The number of unbranched alkanes of at least 4 members (excludes halogenated alkanes) is 1. The minimum Gasteiger partial charge on any atom is -0.457 e. The molecule has 6 heteroatoms. The number of likely N-dealkylation sites (tertiary alicyclic amines) is 1. The van der Waals surface area contributed by atoms with Crippen molar-refractivity contribution in [1.29, 1.82) is 0 Å². The van der Waals surface area contributed by atoms with Gasteiger partial charge in [0.1, 0.15) is 11.5 Å². The zero-order valence-electron chi connectivity index (χ0n) is 20.9. The van der Waals surface area contributed by atoms with Crippen LogP contribution in [-0.2, 0) is 15.1 Å². The number of carbonyl (C=O) groups excluding carboxylic acids is 1. The highest BCUT2D eigenvalue weighted by Gasteiger charge is 2.44. The van der Waals surface area contributed by atoms with Crippen molar-refractivity contribution in [2.24, 2.45) is 17.6 Å². The molecule has 4 unspecified atom stereocenters. The topological polar surface area (TPSA) is 85.0 Å². The summed E-state index contributed by atoms with van der Waals surface area (Å²) in [5.41, 5.74) is 5.78. The fourth-order valence-corrected chi connectivity index (χ4v) is 5.79. The fourth-order valence-electron chi connectivity index (χ4n) is 5.79. The van der Waals surface area contributed by atoms with Gasteiger partial charge in [-0.25, -0.2) is 0 Å². The summed E-state index contributed by atoms with van der Waals surface area (Å²) >= 11 is 0. The Kier molecular flexibility index (Phi) is 8.82. The lowest BCUT2D eigenvalue weighted by Gasteiger charge is -2.44. The van der Waals surface area contributed by atoms with Crippen molar-refractivity contribution in [3.63, 3.8) is 0 Å². The van der Waals surface area contributed by atoms with Crippen molar-refractivity contribution in [2.45, 2.75) is 63.0 Å². The van der Waals surface area contributed by atoms with Gasteiger partial charge in [-0.2, -0.15) is 0 Å². The van der Waals surface area contributed by atoms with Crippen molar-refractivity contribution < 1.29 is 19.4 Å². The Morgan fingerprint density at radius 3 is 2.60 bits per heavy atom. The van der Waals surface area contributed by atoms with Crippen LogP contribution in [0, 0.1) is 11.8 Å². The van der Waals surface area contributed by atoms with E-state index in [1.54, 1.807) is 7.11 Å². The molecule has 4 rings (SSSR count). The first kappa shape index (κ1) is 25.7. The van der Waals surface area contributed by atoms with Gasteiger partial charge in [-0.15, -0.1) is 0 Å². The first-order valence-electron chi connectivity index (χ1n) is 13.1. The first-order valence-corrected chi connectivity index (χ1v) is 13.1. The number of methoxy groups -OCH3 is 1. The summed E-state index contributed by atoms with van der Waals surface area (Å²) in [5.74, 6) is 1.56.